The van der Waals surface area contributed by atoms with E-state index in [-0.39, 0.29) is 29.5 Å². The van der Waals surface area contributed by atoms with Gasteiger partial charge >= 0.3 is 0 Å². The first-order valence-corrected chi connectivity index (χ1v) is 13.9. The molecular weight excluding hydrogens is 408 g/mol. The number of Topliss-reactive ketones (excluding diaryl/α,β-unsaturated/α-hetero) is 1. The molecule has 0 aromatic rings. The highest BCUT2D eigenvalue weighted by Gasteiger charge is 2.62. The van der Waals surface area contributed by atoms with Crippen LogP contribution in [0.5, 0.6) is 0 Å². The predicted octanol–water partition coefficient (Wildman–Crippen LogP) is 6.42. The second-order valence-electron chi connectivity index (χ2n) is 13.6. The number of carbonyl (C=O) groups excluding carboxylic acids is 1. The molecule has 0 unspecified atom stereocenters. The molecule has 4 rings (SSSR count). The number of hydrogen-bond donors (Lipinski definition) is 2. The van der Waals surface area contributed by atoms with E-state index in [1.54, 1.807) is 0 Å². The molecule has 3 heteroatoms. The standard InChI is InChI=1S/C30H50O3/c1-18(2)20(4)30(7)17-26(30)19(3)24-10-11-25(29(24,6)14-15-31)23-9-8-21-16-22(32)12-13-28(21,5)27(23)33/h8,18-20,22-26,31-32H,9-17H2,1-7H3/t19-,20+,22-,23-,24+,25-,26+,28-,29+,30-/m0/s1. The first kappa shape index (κ1) is 25.4. The number of fused-ring (bicyclic) bond motifs is 1. The molecule has 4 aliphatic carbocycles. The van der Waals surface area contributed by atoms with Crippen LogP contribution in [0.3, 0.4) is 0 Å². The van der Waals surface area contributed by atoms with Gasteiger partial charge in [-0.2, -0.15) is 0 Å². The van der Waals surface area contributed by atoms with E-state index in [0.717, 1.165) is 43.9 Å². The summed E-state index contributed by atoms with van der Waals surface area (Å²) in [6.07, 6.45) is 9.50. The summed E-state index contributed by atoms with van der Waals surface area (Å²) in [6, 6.07) is 0. The highest BCUT2D eigenvalue weighted by atomic mass is 16.3. The molecule has 0 heterocycles. The van der Waals surface area contributed by atoms with Crippen LogP contribution in [-0.2, 0) is 4.79 Å². The Hall–Kier alpha value is -0.670. The van der Waals surface area contributed by atoms with E-state index in [4.69, 9.17) is 0 Å². The second-order valence-corrected chi connectivity index (χ2v) is 13.6. The number of ketones is 1. The molecule has 3 nitrogen and oxygen atoms in total. The molecule has 2 N–H and O–H groups in total. The normalized spacial score (nSPS) is 47.3. The highest BCUT2D eigenvalue weighted by Crippen LogP contribution is 2.68. The predicted molar refractivity (Wildman–Crippen MR) is 135 cm³/mol. The molecule has 10 atom stereocenters. The van der Waals surface area contributed by atoms with E-state index >= 15 is 0 Å². The van der Waals surface area contributed by atoms with Crippen molar-refractivity contribution in [2.75, 3.05) is 6.61 Å². The van der Waals surface area contributed by atoms with E-state index in [2.05, 4.69) is 54.5 Å². The Balaban J connectivity index is 1.57. The van der Waals surface area contributed by atoms with E-state index in [0.29, 0.717) is 41.3 Å². The third-order valence-electron chi connectivity index (χ3n) is 11.9. The second kappa shape index (κ2) is 8.77. The van der Waals surface area contributed by atoms with E-state index < -0.39 is 0 Å². The van der Waals surface area contributed by atoms with Crippen molar-refractivity contribution in [3.63, 3.8) is 0 Å². The number of allylic oxidation sites excluding steroid dienone is 1. The summed E-state index contributed by atoms with van der Waals surface area (Å²) in [6.45, 7) is 16.9. The Kier molecular flexibility index (Phi) is 6.76. The van der Waals surface area contributed by atoms with E-state index in [1.807, 2.05) is 0 Å². The van der Waals surface area contributed by atoms with Gasteiger partial charge in [-0.3, -0.25) is 4.79 Å². The summed E-state index contributed by atoms with van der Waals surface area (Å²) in [4.78, 5) is 14.0. The lowest BCUT2D eigenvalue weighted by molar-refractivity contribution is -0.136. The third-order valence-corrected chi connectivity index (χ3v) is 11.9. The average molecular weight is 459 g/mol. The lowest BCUT2D eigenvalue weighted by atomic mass is 9.55. The molecule has 188 valence electrons. The van der Waals surface area contributed by atoms with Gasteiger partial charge in [-0.1, -0.05) is 53.2 Å². The fourth-order valence-electron chi connectivity index (χ4n) is 9.12. The number of carbonyl (C=O) groups is 1. The zero-order chi connectivity index (χ0) is 24.3. The summed E-state index contributed by atoms with van der Waals surface area (Å²) >= 11 is 0. The van der Waals surface area contributed by atoms with Crippen molar-refractivity contribution in [1.29, 1.82) is 0 Å². The van der Waals surface area contributed by atoms with Gasteiger partial charge < -0.3 is 10.2 Å². The molecule has 4 aliphatic rings. The Morgan fingerprint density at radius 1 is 1.06 bits per heavy atom. The molecule has 0 aliphatic heterocycles. The first-order chi connectivity index (χ1) is 15.4. The summed E-state index contributed by atoms with van der Waals surface area (Å²) in [5.41, 5.74) is 1.27. The molecule has 0 aromatic heterocycles. The van der Waals surface area contributed by atoms with Crippen LogP contribution < -0.4 is 0 Å². The monoisotopic (exact) mass is 458 g/mol. The van der Waals surface area contributed by atoms with Crippen molar-refractivity contribution in [3.05, 3.63) is 11.6 Å². The zero-order valence-corrected chi connectivity index (χ0v) is 22.4. The average Bonchev–Trinajstić information content (AvgIpc) is 3.34. The van der Waals surface area contributed by atoms with Crippen molar-refractivity contribution in [2.24, 2.45) is 57.7 Å². The molecule has 3 saturated carbocycles. The van der Waals surface area contributed by atoms with Gasteiger partial charge in [-0.15, -0.1) is 0 Å². The minimum absolute atomic E-state index is 0.0228. The van der Waals surface area contributed by atoms with Crippen LogP contribution in [0.2, 0.25) is 0 Å². The van der Waals surface area contributed by atoms with Crippen LogP contribution in [0.15, 0.2) is 11.6 Å². The number of aliphatic hydroxyl groups excluding tert-OH is 2. The van der Waals surface area contributed by atoms with Crippen LogP contribution in [0.25, 0.3) is 0 Å². The summed E-state index contributed by atoms with van der Waals surface area (Å²) in [7, 11) is 0. The first-order valence-electron chi connectivity index (χ1n) is 13.9. The third kappa shape index (κ3) is 3.98. The van der Waals surface area contributed by atoms with Crippen LogP contribution >= 0.6 is 0 Å². The Morgan fingerprint density at radius 2 is 1.76 bits per heavy atom. The van der Waals surface area contributed by atoms with Gasteiger partial charge in [0.05, 0.1) is 6.10 Å². The highest BCUT2D eigenvalue weighted by molar-refractivity contribution is 5.91. The quantitative estimate of drug-likeness (QED) is 0.433. The lowest BCUT2D eigenvalue weighted by Gasteiger charge is -2.48. The van der Waals surface area contributed by atoms with Gasteiger partial charge in [0, 0.05) is 17.9 Å². The fraction of sp³-hybridized carbons (Fsp3) is 0.900. The molecule has 0 bridgehead atoms. The summed E-state index contributed by atoms with van der Waals surface area (Å²) in [5.74, 6) is 4.30. The lowest BCUT2D eigenvalue weighted by Crippen LogP contribution is -2.48. The maximum Gasteiger partial charge on any atom is 0.146 e. The van der Waals surface area contributed by atoms with Crippen molar-refractivity contribution >= 4 is 5.78 Å². The van der Waals surface area contributed by atoms with E-state index in [1.165, 1.54) is 18.4 Å². The van der Waals surface area contributed by atoms with Gasteiger partial charge in [0.15, 0.2) is 0 Å². The van der Waals surface area contributed by atoms with Crippen LogP contribution in [0.1, 0.15) is 99.8 Å². The fourth-order valence-corrected chi connectivity index (χ4v) is 9.12. The zero-order valence-electron chi connectivity index (χ0n) is 22.4. The SMILES string of the molecule is CC(C)[C@@H](C)[C@]1(C)C[C@@H]1[C@@H](C)[C@H]1CC[C@@H]([C@@H]2CC=C3C[C@@H](O)CC[C@]3(C)C2=O)[C@]1(C)CCO. The van der Waals surface area contributed by atoms with Crippen LogP contribution in [-0.4, -0.2) is 28.7 Å². The van der Waals surface area contributed by atoms with Crippen molar-refractivity contribution < 1.29 is 15.0 Å². The largest absolute Gasteiger partial charge is 0.396 e. The topological polar surface area (TPSA) is 57.5 Å². The smallest absolute Gasteiger partial charge is 0.146 e. The van der Waals surface area contributed by atoms with Gasteiger partial charge in [0.1, 0.15) is 5.78 Å². The van der Waals surface area contributed by atoms with Crippen molar-refractivity contribution in [3.8, 4) is 0 Å². The Morgan fingerprint density at radius 3 is 2.39 bits per heavy atom. The Bertz CT molecular complexity index is 785. The maximum absolute atomic E-state index is 14.0. The minimum Gasteiger partial charge on any atom is -0.396 e. The van der Waals surface area contributed by atoms with Gasteiger partial charge in [-0.05, 0) is 105 Å². The molecular formula is C30H50O3. The Labute approximate surface area is 202 Å². The molecule has 0 spiro atoms. The molecule has 0 aromatic carbocycles. The summed E-state index contributed by atoms with van der Waals surface area (Å²) < 4.78 is 0. The molecule has 0 radical (unpaired) electrons. The molecule has 33 heavy (non-hydrogen) atoms. The number of rotatable bonds is 7. The minimum atomic E-state index is -0.381. The maximum atomic E-state index is 14.0. The van der Waals surface area contributed by atoms with Gasteiger partial charge in [0.2, 0.25) is 0 Å². The van der Waals surface area contributed by atoms with Crippen molar-refractivity contribution in [2.45, 2.75) is 106 Å². The number of hydrogen-bond acceptors (Lipinski definition) is 3. The number of aliphatic hydroxyl groups is 2. The molecule has 3 fully saturated rings. The molecule has 0 amide bonds. The van der Waals surface area contributed by atoms with E-state index in [9.17, 15) is 15.0 Å². The van der Waals surface area contributed by atoms with Crippen LogP contribution in [0.4, 0.5) is 0 Å². The van der Waals surface area contributed by atoms with Crippen LogP contribution in [0, 0.1) is 57.7 Å². The molecule has 0 saturated heterocycles. The van der Waals surface area contributed by atoms with Crippen molar-refractivity contribution in [1.82, 2.24) is 0 Å². The van der Waals surface area contributed by atoms with Gasteiger partial charge in [0.25, 0.3) is 0 Å². The summed E-state index contributed by atoms with van der Waals surface area (Å²) in [5, 5.41) is 20.3. The van der Waals surface area contributed by atoms with Gasteiger partial charge in [-0.25, -0.2) is 0 Å².